The number of primary amides is 2. The lowest BCUT2D eigenvalue weighted by Crippen LogP contribution is -2.40. The highest BCUT2D eigenvalue weighted by molar-refractivity contribution is 6.07. The molecule has 0 bridgehead atoms. The van der Waals surface area contributed by atoms with Gasteiger partial charge >= 0.3 is 12.2 Å². The SMILES string of the molecule is CC(F)(F)c1ccc(CN(c2ncnc(NCc3ccc(C4(C)NC(=O)NC4=O)cc3)c2F)C2CC2)cc1.CC(F)(F)c1ccc(CN(c2ncnc(NCc3ccc(CC(N)=O)cc3)c2F)C2CC2)cn1.CN(c1ncnc(NCc2ccc(CC(N)=O)cc2)c1F)C1(c2ccc(C(C)(F)F)cc2)CC1.CNC(=O)CC1(CNc2ncnc(N(Cc3ccc(C(F)(F)F)cc3)C3CC3)c2F)CCOCC1. The largest absolute Gasteiger partial charge is 0.416 e. The van der Waals surface area contributed by atoms with Crippen molar-refractivity contribution in [1.82, 2.24) is 60.8 Å². The number of nitrogens with two attached hydrogens (primary N) is 2. The first kappa shape index (κ1) is 102. The van der Waals surface area contributed by atoms with E-state index in [1.54, 1.807) is 110 Å². The molecule has 6 aliphatic rings. The van der Waals surface area contributed by atoms with Crippen LogP contribution in [-0.4, -0.2) is 126 Å². The predicted molar refractivity (Wildman–Crippen MR) is 503 cm³/mol. The number of amides is 6. The lowest BCUT2D eigenvalue weighted by Gasteiger charge is -2.37. The number of carbonyl (C=O) groups excluding carboxylic acids is 5. The van der Waals surface area contributed by atoms with Crippen LogP contribution in [0, 0.1) is 28.7 Å². The zero-order valence-corrected chi connectivity index (χ0v) is 78.0. The molecular weight excluding hydrogens is 1850 g/mol. The molecule has 0 spiro atoms. The van der Waals surface area contributed by atoms with Gasteiger partial charge in [0.05, 0.1) is 23.9 Å². The molecule has 4 saturated carbocycles. The van der Waals surface area contributed by atoms with E-state index in [9.17, 15) is 63.5 Å². The summed E-state index contributed by atoms with van der Waals surface area (Å²) in [5.74, 6) is -11.8. The first-order chi connectivity index (χ1) is 67.0. The van der Waals surface area contributed by atoms with Crippen LogP contribution in [-0.2, 0) is 111 Å². The van der Waals surface area contributed by atoms with E-state index in [0.717, 1.165) is 123 Å². The molecular formula is C100H107F13N22O6. The number of pyridine rings is 1. The average molecular weight is 1960 g/mol. The van der Waals surface area contributed by atoms with Gasteiger partial charge in [-0.2, -0.15) is 39.5 Å². The van der Waals surface area contributed by atoms with E-state index >= 15 is 17.6 Å². The molecule has 28 nitrogen and oxygen atoms in total. The molecule has 6 aromatic carbocycles. The van der Waals surface area contributed by atoms with Gasteiger partial charge in [0, 0.05) is 141 Å². The van der Waals surface area contributed by atoms with Gasteiger partial charge in [-0.05, 0) is 145 Å². The van der Waals surface area contributed by atoms with Crippen molar-refractivity contribution in [2.75, 3.05) is 74.7 Å². The van der Waals surface area contributed by atoms with Gasteiger partial charge in [0.25, 0.3) is 23.7 Å². The number of ether oxygens (including phenoxy) is 1. The van der Waals surface area contributed by atoms with Gasteiger partial charge in [-0.15, -0.1) is 0 Å². The molecule has 4 aliphatic carbocycles. The van der Waals surface area contributed by atoms with Crippen molar-refractivity contribution in [2.24, 2.45) is 16.9 Å². The number of nitrogens with zero attached hydrogens (tertiary/aromatic N) is 13. The van der Waals surface area contributed by atoms with Crippen molar-refractivity contribution in [2.45, 2.75) is 204 Å². The van der Waals surface area contributed by atoms with Crippen LogP contribution in [0.15, 0.2) is 189 Å². The smallest absolute Gasteiger partial charge is 0.381 e. The lowest BCUT2D eigenvalue weighted by molar-refractivity contribution is -0.137. The molecule has 17 rings (SSSR count). The molecule has 0 radical (unpaired) electrons. The number of rotatable bonds is 37. The summed E-state index contributed by atoms with van der Waals surface area (Å²) in [5.41, 5.74) is 15.0. The third-order valence-electron chi connectivity index (χ3n) is 25.3. The first-order valence-corrected chi connectivity index (χ1v) is 45.8. The van der Waals surface area contributed by atoms with Crippen molar-refractivity contribution in [3.63, 3.8) is 0 Å². The third kappa shape index (κ3) is 26.6. The number of hydrogen-bond donors (Lipinski definition) is 9. The maximum Gasteiger partial charge on any atom is 0.416 e. The molecule has 5 aromatic heterocycles. The molecule has 1 atom stereocenters. The fourth-order valence-electron chi connectivity index (χ4n) is 16.5. The average Bonchev–Trinajstić information content (AvgIpc) is 1.58. The highest BCUT2D eigenvalue weighted by atomic mass is 19.4. The molecule has 1 unspecified atom stereocenters. The number of anilines is 8. The summed E-state index contributed by atoms with van der Waals surface area (Å²) in [6, 6.07) is 41.3. The number of nitrogens with one attached hydrogen (secondary N) is 7. The summed E-state index contributed by atoms with van der Waals surface area (Å²) >= 11 is 0. The van der Waals surface area contributed by atoms with Gasteiger partial charge in [-0.25, -0.2) is 62.2 Å². The third-order valence-corrected chi connectivity index (χ3v) is 25.3. The Bertz CT molecular complexity index is 6080. The molecule has 11 N–H and O–H groups in total. The van der Waals surface area contributed by atoms with Crippen LogP contribution in [0.3, 0.4) is 0 Å². The number of aromatic nitrogens is 9. The number of halogens is 13. The first-order valence-electron chi connectivity index (χ1n) is 45.8. The molecule has 744 valence electrons. The van der Waals surface area contributed by atoms with Gasteiger partial charge in [-0.3, -0.25) is 29.5 Å². The summed E-state index contributed by atoms with van der Waals surface area (Å²) in [5, 5.41) is 19.6. The van der Waals surface area contributed by atoms with E-state index < -0.39 is 87.6 Å². The van der Waals surface area contributed by atoms with E-state index in [2.05, 4.69) is 82.1 Å². The number of carbonyl (C=O) groups is 5. The van der Waals surface area contributed by atoms with Gasteiger partial charge in [-0.1, -0.05) is 140 Å². The lowest BCUT2D eigenvalue weighted by atomic mass is 9.77. The van der Waals surface area contributed by atoms with Gasteiger partial charge in [0.15, 0.2) is 46.5 Å². The number of urea groups is 1. The number of alkyl halides is 9. The van der Waals surface area contributed by atoms with Gasteiger partial charge < -0.3 is 67.7 Å². The Morgan fingerprint density at radius 1 is 0.440 bits per heavy atom. The fraction of sp³-hybridized carbons (Fsp3) is 0.380. The van der Waals surface area contributed by atoms with Crippen LogP contribution >= 0.6 is 0 Å². The Balaban J connectivity index is 0.000000150. The Morgan fingerprint density at radius 2 is 0.794 bits per heavy atom. The molecule has 11 aromatic rings. The maximum absolute atomic E-state index is 15.6. The van der Waals surface area contributed by atoms with Crippen LogP contribution in [0.4, 0.5) is 108 Å². The molecule has 6 amide bonds. The highest BCUT2D eigenvalue weighted by Crippen LogP contribution is 2.53. The second-order valence-corrected chi connectivity index (χ2v) is 36.3. The van der Waals surface area contributed by atoms with Crippen LogP contribution in [0.1, 0.15) is 176 Å². The van der Waals surface area contributed by atoms with E-state index in [1.807, 2.05) is 34.1 Å². The van der Waals surface area contributed by atoms with Crippen LogP contribution in [0.25, 0.3) is 0 Å². The van der Waals surface area contributed by atoms with Crippen molar-refractivity contribution >= 4 is 76.2 Å². The van der Waals surface area contributed by atoms with Crippen LogP contribution in [0.2, 0.25) is 0 Å². The maximum atomic E-state index is 15.6. The quantitative estimate of drug-likeness (QED) is 0.0129. The minimum atomic E-state index is -4.41. The summed E-state index contributed by atoms with van der Waals surface area (Å²) in [6.45, 7) is 7.30. The monoisotopic (exact) mass is 1960 g/mol. The van der Waals surface area contributed by atoms with E-state index in [-0.39, 0.29) is 119 Å². The second kappa shape index (κ2) is 43.5. The summed E-state index contributed by atoms with van der Waals surface area (Å²) < 4.78 is 187. The molecule has 141 heavy (non-hydrogen) atoms. The summed E-state index contributed by atoms with van der Waals surface area (Å²) in [7, 11) is 3.34. The molecule has 41 heteroatoms. The Hall–Kier alpha value is -14.4. The van der Waals surface area contributed by atoms with E-state index in [1.165, 1.54) is 74.0 Å². The molecule has 6 fully saturated rings. The van der Waals surface area contributed by atoms with Crippen molar-refractivity contribution in [3.8, 4) is 0 Å². The molecule has 2 aliphatic heterocycles. The fourth-order valence-corrected chi connectivity index (χ4v) is 16.5. The number of imide groups is 1. The Morgan fingerprint density at radius 3 is 1.15 bits per heavy atom. The molecule has 2 saturated heterocycles. The Kier molecular flexibility index (Phi) is 31.6. The highest BCUT2D eigenvalue weighted by Gasteiger charge is 2.50. The minimum absolute atomic E-state index is 0.0378. The summed E-state index contributed by atoms with van der Waals surface area (Å²) in [4.78, 5) is 102. The molecule has 7 heterocycles. The zero-order valence-electron chi connectivity index (χ0n) is 78.0. The Labute approximate surface area is 804 Å². The summed E-state index contributed by atoms with van der Waals surface area (Å²) in [6.07, 6.45) is 10.9. The van der Waals surface area contributed by atoms with Crippen LogP contribution < -0.4 is 68.3 Å². The predicted octanol–water partition coefficient (Wildman–Crippen LogP) is 17.1. The topological polar surface area (TPSA) is 360 Å². The van der Waals surface area contributed by atoms with Gasteiger partial charge in [0.2, 0.25) is 41.0 Å². The van der Waals surface area contributed by atoms with E-state index in [4.69, 9.17) is 16.2 Å². The second-order valence-electron chi connectivity index (χ2n) is 36.3. The van der Waals surface area contributed by atoms with Crippen molar-refractivity contribution in [1.29, 1.82) is 0 Å². The standard InChI is InChI=1S/C27H27F3N6O2.C25H26F3N5O.C24H29F4N5O2.C24H25F3N6O/c1-26(24(37)34-25(38)35-26)18-7-3-16(4-8-18)13-31-22-21(28)23(33-15-32-22)36(20-11-12-20)14-17-5-9-19(10-6-17)27(2,29)30;1-24(27,28)18-7-9-19(10-8-18)25(11-12-25)33(2)23-21(26)22(31-15-32-23)30-14-17-5-3-16(4-6-17)13-20(29)34;1-29-19(34)12-23(8-10-35-11-9-23)14-30-21-20(25)22(32-15-31-21)33(18-6-7-18)13-16-2-4-17(5-3-16)24(26,27)28;1-24(26,27)19-9-6-17(12-29-19)13-33(18-7-8-18)23-21(25)22(31-14-32-23)30-11-16-4-2-15(3-5-16)10-20(28)34/h3-10,15,20H,11-14H2,1-2H3,(H,31,32,33)(H2,34,35,37,38);3-10,15H,11-14H2,1-2H3,(H2,29,34)(H,30,31,32);2-5,15,18H,6-14H2,1H3,(H,29,34)(H,30,31,32);2-6,9,12,14,18H,7-8,10-11,13H2,1H3,(H2,28,34)(H,30,31,32). The van der Waals surface area contributed by atoms with Crippen LogP contribution in [0.5, 0.6) is 0 Å². The van der Waals surface area contributed by atoms with Gasteiger partial charge in [0.1, 0.15) is 36.5 Å². The number of hydrogen-bond acceptors (Lipinski definition) is 23. The normalized spacial score (nSPS) is 16.3. The minimum Gasteiger partial charge on any atom is -0.381 e. The van der Waals surface area contributed by atoms with Crippen molar-refractivity contribution < 1.29 is 85.8 Å². The number of benzene rings is 6. The van der Waals surface area contributed by atoms with Crippen molar-refractivity contribution in [3.05, 3.63) is 291 Å². The van der Waals surface area contributed by atoms with E-state index in [0.29, 0.717) is 81.9 Å². The zero-order chi connectivity index (χ0) is 101.